The third-order valence-corrected chi connectivity index (χ3v) is 6.08. The van der Waals surface area contributed by atoms with Crippen LogP contribution in [0.15, 0.2) is 60.1 Å². The SMILES string of the molecule is C=CCSc1ccccc1NC(=O)CN1CCC(n2cccc2C(=O)OC)CC1. The molecule has 1 aromatic heterocycles. The van der Waals surface area contributed by atoms with Gasteiger partial charge in [-0.1, -0.05) is 18.2 Å². The third kappa shape index (κ3) is 5.52. The van der Waals surface area contributed by atoms with Crippen LogP contribution in [0.5, 0.6) is 0 Å². The third-order valence-electron chi connectivity index (χ3n) is 5.01. The van der Waals surface area contributed by atoms with Gasteiger partial charge in [-0.15, -0.1) is 18.3 Å². The summed E-state index contributed by atoms with van der Waals surface area (Å²) in [5.74, 6) is 0.476. The lowest BCUT2D eigenvalue weighted by Gasteiger charge is -2.32. The normalized spacial score (nSPS) is 15.1. The lowest BCUT2D eigenvalue weighted by atomic mass is 10.0. The van der Waals surface area contributed by atoms with Crippen LogP contribution in [-0.4, -0.2) is 53.8 Å². The van der Waals surface area contributed by atoms with E-state index in [4.69, 9.17) is 4.74 Å². The zero-order valence-corrected chi connectivity index (χ0v) is 17.5. The maximum Gasteiger partial charge on any atom is 0.354 e. The predicted molar refractivity (Wildman–Crippen MR) is 116 cm³/mol. The van der Waals surface area contributed by atoms with Gasteiger partial charge in [0, 0.05) is 36.0 Å². The van der Waals surface area contributed by atoms with Gasteiger partial charge in [0.1, 0.15) is 5.69 Å². The highest BCUT2D eigenvalue weighted by atomic mass is 32.2. The topological polar surface area (TPSA) is 63.6 Å². The van der Waals surface area contributed by atoms with Crippen LogP contribution in [0.1, 0.15) is 29.4 Å². The van der Waals surface area contributed by atoms with Crippen molar-refractivity contribution in [2.45, 2.75) is 23.8 Å². The molecule has 1 aliphatic heterocycles. The summed E-state index contributed by atoms with van der Waals surface area (Å²) in [5.41, 5.74) is 1.42. The molecular formula is C22H27N3O3S. The lowest BCUT2D eigenvalue weighted by molar-refractivity contribution is -0.117. The van der Waals surface area contributed by atoms with Gasteiger partial charge in [-0.2, -0.15) is 0 Å². The summed E-state index contributed by atoms with van der Waals surface area (Å²) < 4.78 is 6.86. The number of benzene rings is 1. The number of methoxy groups -OCH3 is 1. The Morgan fingerprint density at radius 3 is 2.72 bits per heavy atom. The van der Waals surface area contributed by atoms with Crippen molar-refractivity contribution in [3.8, 4) is 0 Å². The highest BCUT2D eigenvalue weighted by Gasteiger charge is 2.24. The number of nitrogens with zero attached hydrogens (tertiary/aromatic N) is 2. The Labute approximate surface area is 175 Å². The van der Waals surface area contributed by atoms with Crippen molar-refractivity contribution in [3.63, 3.8) is 0 Å². The van der Waals surface area contributed by atoms with Gasteiger partial charge in [0.15, 0.2) is 0 Å². The molecule has 0 unspecified atom stereocenters. The second-order valence-corrected chi connectivity index (χ2v) is 8.01. The first-order valence-electron chi connectivity index (χ1n) is 9.72. The summed E-state index contributed by atoms with van der Waals surface area (Å²) in [6.45, 7) is 5.73. The lowest BCUT2D eigenvalue weighted by Crippen LogP contribution is -2.40. The largest absolute Gasteiger partial charge is 0.464 e. The van der Waals surface area contributed by atoms with Crippen LogP contribution in [-0.2, 0) is 9.53 Å². The molecule has 1 aliphatic rings. The van der Waals surface area contributed by atoms with E-state index in [0.717, 1.165) is 42.3 Å². The number of piperidine rings is 1. The first-order chi connectivity index (χ1) is 14.1. The number of rotatable bonds is 8. The molecule has 0 atom stereocenters. The highest BCUT2D eigenvalue weighted by molar-refractivity contribution is 7.99. The number of para-hydroxylation sites is 1. The zero-order valence-electron chi connectivity index (χ0n) is 16.7. The summed E-state index contributed by atoms with van der Waals surface area (Å²) in [4.78, 5) is 27.7. The number of aromatic nitrogens is 1. The number of nitrogens with one attached hydrogen (secondary N) is 1. The first-order valence-corrected chi connectivity index (χ1v) is 10.7. The van der Waals surface area contributed by atoms with Crippen molar-refractivity contribution < 1.29 is 14.3 Å². The predicted octanol–water partition coefficient (Wildman–Crippen LogP) is 3.83. The molecule has 1 fully saturated rings. The Bertz CT molecular complexity index is 856. The van der Waals surface area contributed by atoms with E-state index >= 15 is 0 Å². The van der Waals surface area contributed by atoms with Crippen LogP contribution in [0.25, 0.3) is 0 Å². The van der Waals surface area contributed by atoms with E-state index in [0.29, 0.717) is 12.2 Å². The number of thioether (sulfide) groups is 1. The number of carbonyl (C=O) groups excluding carboxylic acids is 2. The molecule has 0 aliphatic carbocycles. The van der Waals surface area contributed by atoms with Crippen molar-refractivity contribution in [1.82, 2.24) is 9.47 Å². The van der Waals surface area contributed by atoms with Crippen LogP contribution in [0.3, 0.4) is 0 Å². The standard InChI is InChI=1S/C22H27N3O3S/c1-3-15-29-20-9-5-4-7-18(20)23-21(26)16-24-13-10-17(11-14-24)25-12-6-8-19(25)22(27)28-2/h3-9,12,17H,1,10-11,13-16H2,2H3,(H,23,26). The van der Waals surface area contributed by atoms with Gasteiger partial charge in [-0.3, -0.25) is 9.69 Å². The Morgan fingerprint density at radius 1 is 1.24 bits per heavy atom. The highest BCUT2D eigenvalue weighted by Crippen LogP contribution is 2.28. The van der Waals surface area contributed by atoms with E-state index in [1.54, 1.807) is 17.8 Å². The van der Waals surface area contributed by atoms with Crippen LogP contribution < -0.4 is 5.32 Å². The average molecular weight is 414 g/mol. The number of anilines is 1. The fourth-order valence-corrected chi connectivity index (χ4v) is 4.33. The van der Waals surface area contributed by atoms with Crippen LogP contribution in [0.2, 0.25) is 0 Å². The van der Waals surface area contributed by atoms with Gasteiger partial charge >= 0.3 is 5.97 Å². The zero-order chi connectivity index (χ0) is 20.6. The van der Waals surface area contributed by atoms with E-state index in [9.17, 15) is 9.59 Å². The Morgan fingerprint density at radius 2 is 2.00 bits per heavy atom. The minimum absolute atomic E-state index is 0.00804. The maximum atomic E-state index is 12.6. The van der Waals surface area contributed by atoms with Crippen molar-refractivity contribution in [3.05, 3.63) is 60.9 Å². The van der Waals surface area contributed by atoms with Gasteiger partial charge in [0.2, 0.25) is 5.91 Å². The van der Waals surface area contributed by atoms with Gasteiger partial charge < -0.3 is 14.6 Å². The minimum Gasteiger partial charge on any atom is -0.464 e. The molecule has 2 heterocycles. The van der Waals surface area contributed by atoms with Crippen LogP contribution in [0.4, 0.5) is 5.69 Å². The van der Waals surface area contributed by atoms with E-state index in [-0.39, 0.29) is 17.9 Å². The molecular weight excluding hydrogens is 386 g/mol. The molecule has 154 valence electrons. The Hall–Kier alpha value is -2.51. The van der Waals surface area contributed by atoms with Crippen LogP contribution >= 0.6 is 11.8 Å². The number of likely N-dealkylation sites (tertiary alicyclic amines) is 1. The summed E-state index contributed by atoms with van der Waals surface area (Å²) in [5, 5.41) is 3.04. The molecule has 7 heteroatoms. The number of carbonyl (C=O) groups is 2. The van der Waals surface area contributed by atoms with Crippen molar-refractivity contribution >= 4 is 29.3 Å². The van der Waals surface area contributed by atoms with Gasteiger partial charge in [-0.25, -0.2) is 4.79 Å². The molecule has 29 heavy (non-hydrogen) atoms. The van der Waals surface area contributed by atoms with Crippen LogP contribution in [0, 0.1) is 0 Å². The second kappa shape index (κ2) is 10.3. The molecule has 2 aromatic rings. The van der Waals surface area contributed by atoms with E-state index in [2.05, 4.69) is 16.8 Å². The summed E-state index contributed by atoms with van der Waals surface area (Å²) in [6.07, 6.45) is 5.55. The van der Waals surface area contributed by atoms with E-state index in [1.807, 2.05) is 47.2 Å². The van der Waals surface area contributed by atoms with Crippen molar-refractivity contribution in [2.75, 3.05) is 37.8 Å². The molecule has 1 aromatic carbocycles. The summed E-state index contributed by atoms with van der Waals surface area (Å²) in [7, 11) is 1.40. The van der Waals surface area contributed by atoms with Gasteiger partial charge in [0.05, 0.1) is 19.3 Å². The molecule has 1 saturated heterocycles. The number of hydrogen-bond donors (Lipinski definition) is 1. The second-order valence-electron chi connectivity index (χ2n) is 6.94. The average Bonchev–Trinajstić information content (AvgIpc) is 3.23. The molecule has 6 nitrogen and oxygen atoms in total. The van der Waals surface area contributed by atoms with E-state index < -0.39 is 0 Å². The molecule has 3 rings (SSSR count). The van der Waals surface area contributed by atoms with E-state index in [1.165, 1.54) is 7.11 Å². The monoisotopic (exact) mass is 413 g/mol. The molecule has 0 saturated carbocycles. The quantitative estimate of drug-likeness (QED) is 0.405. The first kappa shape index (κ1) is 21.2. The number of esters is 1. The smallest absolute Gasteiger partial charge is 0.354 e. The molecule has 1 N–H and O–H groups in total. The molecule has 0 bridgehead atoms. The minimum atomic E-state index is -0.315. The molecule has 0 radical (unpaired) electrons. The fourth-order valence-electron chi connectivity index (χ4n) is 3.58. The number of ether oxygens (including phenoxy) is 1. The molecule has 1 amide bonds. The van der Waals surface area contributed by atoms with Crippen molar-refractivity contribution in [1.29, 1.82) is 0 Å². The number of amides is 1. The van der Waals surface area contributed by atoms with Crippen molar-refractivity contribution in [2.24, 2.45) is 0 Å². The summed E-state index contributed by atoms with van der Waals surface area (Å²) in [6, 6.07) is 11.7. The van der Waals surface area contributed by atoms with Gasteiger partial charge in [0.25, 0.3) is 0 Å². The Kier molecular flexibility index (Phi) is 7.55. The molecule has 0 spiro atoms. The maximum absolute atomic E-state index is 12.6. The Balaban J connectivity index is 1.52. The summed E-state index contributed by atoms with van der Waals surface area (Å²) >= 11 is 1.65. The van der Waals surface area contributed by atoms with Gasteiger partial charge in [-0.05, 0) is 37.1 Å². The fraction of sp³-hybridized carbons (Fsp3) is 0.364. The number of hydrogen-bond acceptors (Lipinski definition) is 5.